The predicted octanol–water partition coefficient (Wildman–Crippen LogP) is 2.03. The van der Waals surface area contributed by atoms with Crippen LogP contribution in [0.25, 0.3) is 0 Å². The maximum atomic E-state index is 13.3. The number of benzene rings is 1. The summed E-state index contributed by atoms with van der Waals surface area (Å²) < 4.78 is 45.0. The van der Waals surface area contributed by atoms with Crippen molar-refractivity contribution in [3.63, 3.8) is 0 Å². The van der Waals surface area contributed by atoms with E-state index in [0.717, 1.165) is 37.2 Å². The summed E-state index contributed by atoms with van der Waals surface area (Å²) in [6, 6.07) is 4.54. The molecule has 2 aliphatic heterocycles. The van der Waals surface area contributed by atoms with Crippen LogP contribution in [0.3, 0.4) is 0 Å². The van der Waals surface area contributed by atoms with Crippen molar-refractivity contribution >= 4 is 17.6 Å². The van der Waals surface area contributed by atoms with E-state index in [1.54, 1.807) is 6.07 Å². The minimum atomic E-state index is -5.08. The largest absolute Gasteiger partial charge is 0.490 e. The number of carboxylic acids is 1. The van der Waals surface area contributed by atoms with Crippen LogP contribution >= 0.6 is 0 Å². The van der Waals surface area contributed by atoms with Gasteiger partial charge in [-0.15, -0.1) is 0 Å². The molecule has 1 spiro atoms. The third kappa shape index (κ3) is 3.44. The molecule has 2 heterocycles. The molecule has 1 aromatic carbocycles. The monoisotopic (exact) mass is 334 g/mol. The predicted molar refractivity (Wildman–Crippen MR) is 72.5 cm³/mol. The zero-order valence-electron chi connectivity index (χ0n) is 11.8. The summed E-state index contributed by atoms with van der Waals surface area (Å²) in [7, 11) is 0. The zero-order valence-corrected chi connectivity index (χ0v) is 11.8. The Bertz CT molecular complexity index is 625. The number of piperidine rings is 1. The number of nitrogens with one attached hydrogen (secondary N) is 2. The van der Waals surface area contributed by atoms with Crippen molar-refractivity contribution in [2.75, 3.05) is 18.4 Å². The molecule has 2 aliphatic rings. The molecule has 1 aromatic rings. The van der Waals surface area contributed by atoms with Gasteiger partial charge in [-0.3, -0.25) is 4.79 Å². The van der Waals surface area contributed by atoms with Gasteiger partial charge in [0.15, 0.2) is 0 Å². The molecule has 0 unspecified atom stereocenters. The lowest BCUT2D eigenvalue weighted by molar-refractivity contribution is -0.192. The fourth-order valence-electron chi connectivity index (χ4n) is 2.74. The summed E-state index contributed by atoms with van der Waals surface area (Å²) in [5, 5.41) is 13.2. The molecule has 3 rings (SSSR count). The molecule has 0 saturated carbocycles. The summed E-state index contributed by atoms with van der Waals surface area (Å²) in [6.07, 6.45) is -3.59. The molecule has 3 N–H and O–H groups in total. The van der Waals surface area contributed by atoms with Crippen molar-refractivity contribution in [1.29, 1.82) is 0 Å². The molecule has 0 aromatic heterocycles. The van der Waals surface area contributed by atoms with Gasteiger partial charge in [0, 0.05) is 5.69 Å². The Labute approximate surface area is 128 Å². The summed E-state index contributed by atoms with van der Waals surface area (Å²) in [5.41, 5.74) is 1.11. The maximum absolute atomic E-state index is 13.3. The molecule has 0 bridgehead atoms. The molecular weight excluding hydrogens is 320 g/mol. The van der Waals surface area contributed by atoms with Crippen molar-refractivity contribution in [1.82, 2.24) is 5.32 Å². The highest BCUT2D eigenvalue weighted by molar-refractivity contribution is 6.06. The van der Waals surface area contributed by atoms with Crippen LogP contribution in [-0.4, -0.2) is 36.2 Å². The van der Waals surface area contributed by atoms with Gasteiger partial charge in [0.1, 0.15) is 5.82 Å². The first-order chi connectivity index (χ1) is 10.7. The summed E-state index contributed by atoms with van der Waals surface area (Å²) in [6.45, 7) is 1.62. The molecule has 126 valence electrons. The Morgan fingerprint density at radius 1 is 1.22 bits per heavy atom. The number of fused-ring (bicyclic) bond motifs is 2. The quantitative estimate of drug-likeness (QED) is 0.635. The first-order valence-electron chi connectivity index (χ1n) is 6.79. The molecule has 9 heteroatoms. The number of hydrogen-bond donors (Lipinski definition) is 3. The number of halogens is 4. The Balaban J connectivity index is 0.000000236. The van der Waals surface area contributed by atoms with Crippen LogP contribution in [0.4, 0.5) is 23.2 Å². The molecular formula is C14H14F4N2O3. The van der Waals surface area contributed by atoms with Gasteiger partial charge in [-0.05, 0) is 49.7 Å². The summed E-state index contributed by atoms with van der Waals surface area (Å²) in [5.74, 6) is -3.00. The molecule has 1 saturated heterocycles. The van der Waals surface area contributed by atoms with E-state index < -0.39 is 17.6 Å². The Kier molecular flexibility index (Phi) is 4.60. The van der Waals surface area contributed by atoms with Gasteiger partial charge < -0.3 is 15.7 Å². The fraction of sp³-hybridized carbons (Fsp3) is 0.429. The van der Waals surface area contributed by atoms with Crippen molar-refractivity contribution in [3.8, 4) is 0 Å². The second-order valence-corrected chi connectivity index (χ2v) is 5.28. The van der Waals surface area contributed by atoms with Crippen LogP contribution in [0.2, 0.25) is 0 Å². The highest BCUT2D eigenvalue weighted by Gasteiger charge is 2.47. The Morgan fingerprint density at radius 3 is 2.30 bits per heavy atom. The van der Waals surface area contributed by atoms with Gasteiger partial charge in [0.25, 0.3) is 0 Å². The van der Waals surface area contributed by atoms with E-state index in [4.69, 9.17) is 9.90 Å². The van der Waals surface area contributed by atoms with E-state index in [0.29, 0.717) is 0 Å². The average Bonchev–Trinajstić information content (AvgIpc) is 2.73. The average molecular weight is 334 g/mol. The van der Waals surface area contributed by atoms with Crippen molar-refractivity contribution in [2.24, 2.45) is 0 Å². The second-order valence-electron chi connectivity index (χ2n) is 5.28. The van der Waals surface area contributed by atoms with Gasteiger partial charge >= 0.3 is 12.1 Å². The van der Waals surface area contributed by atoms with Crippen molar-refractivity contribution in [3.05, 3.63) is 29.6 Å². The lowest BCUT2D eigenvalue weighted by Crippen LogP contribution is -2.44. The molecule has 0 aliphatic carbocycles. The zero-order chi connectivity index (χ0) is 17.3. The van der Waals surface area contributed by atoms with Crippen molar-refractivity contribution in [2.45, 2.75) is 24.4 Å². The lowest BCUT2D eigenvalue weighted by atomic mass is 9.74. The number of carbonyl (C=O) groups excluding carboxylic acids is 1. The third-order valence-electron chi connectivity index (χ3n) is 3.88. The lowest BCUT2D eigenvalue weighted by Gasteiger charge is -2.31. The van der Waals surface area contributed by atoms with Gasteiger partial charge in [0.05, 0.1) is 5.41 Å². The maximum Gasteiger partial charge on any atom is 0.490 e. The summed E-state index contributed by atoms with van der Waals surface area (Å²) in [4.78, 5) is 21.0. The van der Waals surface area contributed by atoms with Crippen LogP contribution in [0.5, 0.6) is 0 Å². The van der Waals surface area contributed by atoms with E-state index in [-0.39, 0.29) is 11.7 Å². The molecule has 1 fully saturated rings. The van der Waals surface area contributed by atoms with E-state index in [1.165, 1.54) is 12.1 Å². The van der Waals surface area contributed by atoms with Crippen LogP contribution in [0.15, 0.2) is 18.2 Å². The number of aliphatic carboxylic acids is 1. The second kappa shape index (κ2) is 6.15. The topological polar surface area (TPSA) is 78.4 Å². The minimum absolute atomic E-state index is 0.0228. The first kappa shape index (κ1) is 17.2. The van der Waals surface area contributed by atoms with Crippen LogP contribution < -0.4 is 10.6 Å². The van der Waals surface area contributed by atoms with E-state index in [9.17, 15) is 22.4 Å². The van der Waals surface area contributed by atoms with E-state index in [2.05, 4.69) is 10.6 Å². The Hall–Kier alpha value is -2.16. The number of hydrogen-bond acceptors (Lipinski definition) is 3. The van der Waals surface area contributed by atoms with Crippen LogP contribution in [0.1, 0.15) is 18.4 Å². The van der Waals surface area contributed by atoms with Crippen LogP contribution in [-0.2, 0) is 15.0 Å². The highest BCUT2D eigenvalue weighted by Crippen LogP contribution is 2.43. The standard InChI is InChI=1S/C12H13FN2O.C2HF3O2/c13-8-1-2-10-9(7-8)12(11(16)15-10)3-5-14-6-4-12;3-2(4,5)1(6)7/h1-2,7,14H,3-6H2,(H,15,16);(H,6,7). The molecule has 23 heavy (non-hydrogen) atoms. The van der Waals surface area contributed by atoms with Gasteiger partial charge in [0.2, 0.25) is 5.91 Å². The fourth-order valence-corrected chi connectivity index (χ4v) is 2.74. The van der Waals surface area contributed by atoms with Gasteiger partial charge in [-0.1, -0.05) is 0 Å². The number of alkyl halides is 3. The number of carboxylic acid groups (broad SMARTS) is 1. The van der Waals surface area contributed by atoms with E-state index in [1.807, 2.05) is 0 Å². The van der Waals surface area contributed by atoms with E-state index >= 15 is 0 Å². The molecule has 0 radical (unpaired) electrons. The first-order valence-corrected chi connectivity index (χ1v) is 6.79. The number of carbonyl (C=O) groups is 2. The molecule has 5 nitrogen and oxygen atoms in total. The Morgan fingerprint density at radius 2 is 1.78 bits per heavy atom. The molecule has 1 amide bonds. The third-order valence-corrected chi connectivity index (χ3v) is 3.88. The number of anilines is 1. The van der Waals surface area contributed by atoms with Gasteiger partial charge in [-0.2, -0.15) is 13.2 Å². The highest BCUT2D eigenvalue weighted by atomic mass is 19.4. The SMILES string of the molecule is O=C(O)C(F)(F)F.O=C1Nc2ccc(F)cc2C12CCNCC2. The minimum Gasteiger partial charge on any atom is -0.475 e. The van der Waals surface area contributed by atoms with Crippen LogP contribution in [0, 0.1) is 5.82 Å². The van der Waals surface area contributed by atoms with Gasteiger partial charge in [-0.25, -0.2) is 9.18 Å². The normalized spacial score (nSPS) is 18.7. The number of amides is 1. The smallest absolute Gasteiger partial charge is 0.475 e. The summed E-state index contributed by atoms with van der Waals surface area (Å²) >= 11 is 0. The number of rotatable bonds is 0. The molecule has 0 atom stereocenters. The van der Waals surface area contributed by atoms with Crippen molar-refractivity contribution < 1.29 is 32.3 Å².